The number of nitrogens with zero attached hydrogens (tertiary/aromatic N) is 2. The molecule has 0 N–H and O–H groups in total. The summed E-state index contributed by atoms with van der Waals surface area (Å²) in [5, 5.41) is 0. The molecule has 10 heteroatoms. The summed E-state index contributed by atoms with van der Waals surface area (Å²) < 4.78 is 11.4. The number of carbonyl (C=O) groups excluding carboxylic acids is 2. The summed E-state index contributed by atoms with van der Waals surface area (Å²) in [6.45, 7) is 9.22. The molecule has 2 rings (SSSR count). The van der Waals surface area contributed by atoms with Gasteiger partial charge >= 0.3 is 0 Å². The molecule has 0 fully saturated rings. The van der Waals surface area contributed by atoms with E-state index in [9.17, 15) is 9.59 Å². The lowest BCUT2D eigenvalue weighted by Crippen LogP contribution is -2.36. The molecule has 6 nitrogen and oxygen atoms in total. The van der Waals surface area contributed by atoms with Crippen molar-refractivity contribution >= 4 is 58.0 Å². The molecule has 0 amide bonds. The molecule has 0 saturated heterocycles. The topological polar surface area (TPSA) is 59.1 Å². The Morgan fingerprint density at radius 3 is 1.20 bits per heavy atom. The Hall–Kier alpha value is -1.54. The maximum atomic E-state index is 13.8. The Morgan fingerprint density at radius 1 is 0.587 bits per heavy atom. The maximum absolute atomic E-state index is 13.8. The molecular weight excluding hydrogens is 666 g/mol. The molecule has 0 aliphatic heterocycles. The van der Waals surface area contributed by atoms with Gasteiger partial charge in [-0.15, -0.1) is 46.4 Å². The summed E-state index contributed by atoms with van der Waals surface area (Å²) >= 11 is 24.3. The highest BCUT2D eigenvalue weighted by molar-refractivity contribution is 6.18. The van der Waals surface area contributed by atoms with Crippen LogP contribution in [-0.2, 0) is 0 Å². The summed E-state index contributed by atoms with van der Waals surface area (Å²) in [6, 6.07) is 14.9. The number of Topliss-reactive ketones (excluding diaryl/α,β-unsaturated/α-hetero) is 2. The number of hydrogen-bond acceptors (Lipinski definition) is 6. The van der Waals surface area contributed by atoms with Crippen molar-refractivity contribution in [3.05, 3.63) is 59.7 Å². The molecular formula is C36H52Cl4N2O4. The molecule has 2 aromatic carbocycles. The molecule has 46 heavy (non-hydrogen) atoms. The number of ketones is 2. The maximum Gasteiger partial charge on any atom is 0.167 e. The van der Waals surface area contributed by atoms with E-state index in [4.69, 9.17) is 55.9 Å². The van der Waals surface area contributed by atoms with E-state index in [0.717, 1.165) is 37.2 Å². The van der Waals surface area contributed by atoms with Gasteiger partial charge in [0.15, 0.2) is 11.6 Å². The zero-order chi connectivity index (χ0) is 33.6. The van der Waals surface area contributed by atoms with Gasteiger partial charge in [0.2, 0.25) is 0 Å². The highest BCUT2D eigenvalue weighted by atomic mass is 35.5. The van der Waals surface area contributed by atoms with Crippen LogP contribution in [0.3, 0.4) is 0 Å². The first-order valence-electron chi connectivity index (χ1n) is 16.6. The van der Waals surface area contributed by atoms with Gasteiger partial charge in [-0.1, -0.05) is 26.7 Å². The van der Waals surface area contributed by atoms with Crippen LogP contribution < -0.4 is 9.47 Å². The van der Waals surface area contributed by atoms with E-state index >= 15 is 0 Å². The van der Waals surface area contributed by atoms with Crippen LogP contribution in [0, 0.1) is 11.8 Å². The van der Waals surface area contributed by atoms with Crippen LogP contribution in [0.25, 0.3) is 0 Å². The van der Waals surface area contributed by atoms with Gasteiger partial charge in [-0.05, 0) is 74.2 Å². The van der Waals surface area contributed by atoms with Crippen LogP contribution in [0.2, 0.25) is 0 Å². The molecule has 0 heterocycles. The second-order valence-corrected chi connectivity index (χ2v) is 13.0. The van der Waals surface area contributed by atoms with Gasteiger partial charge in [-0.3, -0.25) is 9.59 Å². The van der Waals surface area contributed by atoms with Gasteiger partial charge < -0.3 is 19.3 Å². The van der Waals surface area contributed by atoms with Crippen molar-refractivity contribution in [1.82, 2.24) is 9.80 Å². The molecule has 0 spiro atoms. The van der Waals surface area contributed by atoms with Crippen LogP contribution in [0.1, 0.15) is 73.1 Å². The van der Waals surface area contributed by atoms with E-state index in [1.165, 1.54) is 0 Å². The molecule has 2 unspecified atom stereocenters. The van der Waals surface area contributed by atoms with Gasteiger partial charge in [-0.25, -0.2) is 0 Å². The number of hydrogen-bond donors (Lipinski definition) is 0. The average molecular weight is 719 g/mol. The van der Waals surface area contributed by atoms with Crippen molar-refractivity contribution in [2.24, 2.45) is 11.8 Å². The first-order chi connectivity index (χ1) is 22.4. The lowest BCUT2D eigenvalue weighted by atomic mass is 9.88. The molecule has 0 aromatic heterocycles. The molecule has 0 bridgehead atoms. The molecule has 0 aliphatic rings. The van der Waals surface area contributed by atoms with Crippen LogP contribution in [0.5, 0.6) is 11.5 Å². The molecule has 2 aromatic rings. The van der Waals surface area contributed by atoms with Crippen molar-refractivity contribution in [1.29, 1.82) is 0 Å². The van der Waals surface area contributed by atoms with Crippen molar-refractivity contribution in [3.63, 3.8) is 0 Å². The fourth-order valence-electron chi connectivity index (χ4n) is 5.42. The van der Waals surface area contributed by atoms with Gasteiger partial charge in [0.25, 0.3) is 0 Å². The number of ether oxygens (including phenoxy) is 2. The van der Waals surface area contributed by atoms with Crippen LogP contribution in [-0.4, -0.2) is 97.4 Å². The van der Waals surface area contributed by atoms with Crippen LogP contribution in [0.4, 0.5) is 0 Å². The minimum atomic E-state index is -0.220. The van der Waals surface area contributed by atoms with Crippen LogP contribution in [0.15, 0.2) is 48.5 Å². The molecule has 258 valence electrons. The van der Waals surface area contributed by atoms with E-state index in [0.29, 0.717) is 100.0 Å². The predicted octanol–water partition coefficient (Wildman–Crippen LogP) is 8.68. The Balaban J connectivity index is 2.17. The normalized spacial score (nSPS) is 12.8. The first-order valence-corrected chi connectivity index (χ1v) is 18.8. The number of rotatable bonds is 27. The van der Waals surface area contributed by atoms with Crippen molar-refractivity contribution in [3.8, 4) is 11.5 Å². The standard InChI is InChI=1S/C36H52Cl4N2O4/c1-3-25-45-33-13-9-29(10-14-33)35(43)31(27-41(21-17-37)22-18-38)7-5-6-8-32(28-42(23-19-39)24-20-40)36(44)30-11-15-34(16-12-30)46-26-4-2/h9-16,31-32H,3-8,17-28H2,1-2H3. The average Bonchev–Trinajstić information content (AvgIpc) is 3.07. The van der Waals surface area contributed by atoms with Gasteiger partial charge in [0.05, 0.1) is 13.2 Å². The lowest BCUT2D eigenvalue weighted by Gasteiger charge is -2.27. The number of benzene rings is 2. The summed E-state index contributed by atoms with van der Waals surface area (Å²) in [4.78, 5) is 31.9. The minimum Gasteiger partial charge on any atom is -0.494 e. The summed E-state index contributed by atoms with van der Waals surface area (Å²) in [6.07, 6.45) is 4.86. The quantitative estimate of drug-likeness (QED) is 0.0524. The highest BCUT2D eigenvalue weighted by Crippen LogP contribution is 2.24. The fraction of sp³-hybridized carbons (Fsp3) is 0.611. The molecule has 2 atom stereocenters. The number of carbonyl (C=O) groups is 2. The highest BCUT2D eigenvalue weighted by Gasteiger charge is 2.25. The Morgan fingerprint density at radius 2 is 0.913 bits per heavy atom. The van der Waals surface area contributed by atoms with E-state index < -0.39 is 0 Å². The zero-order valence-corrected chi connectivity index (χ0v) is 30.6. The first kappa shape index (κ1) is 40.6. The van der Waals surface area contributed by atoms with E-state index in [2.05, 4.69) is 23.6 Å². The zero-order valence-electron chi connectivity index (χ0n) is 27.5. The second kappa shape index (κ2) is 24.6. The van der Waals surface area contributed by atoms with Crippen molar-refractivity contribution in [2.75, 3.05) is 76.0 Å². The predicted molar refractivity (Wildman–Crippen MR) is 194 cm³/mol. The SMILES string of the molecule is CCCOc1ccc(C(=O)C(CCCCC(CN(CCCl)CCCl)C(=O)c2ccc(OCCC)cc2)CN(CCCl)CCCl)cc1. The molecule has 0 saturated carbocycles. The summed E-state index contributed by atoms with van der Waals surface area (Å²) in [5.74, 6) is 3.17. The number of halogens is 4. The van der Waals surface area contributed by atoms with Crippen molar-refractivity contribution in [2.45, 2.75) is 52.4 Å². The third kappa shape index (κ3) is 15.1. The molecule has 0 aliphatic carbocycles. The molecule has 0 radical (unpaired) electrons. The summed E-state index contributed by atoms with van der Waals surface area (Å²) in [7, 11) is 0. The minimum absolute atomic E-state index is 0.101. The van der Waals surface area contributed by atoms with Crippen LogP contribution >= 0.6 is 46.4 Å². The Bertz CT molecular complexity index is 1000. The van der Waals surface area contributed by atoms with Gasteiger partial charge in [0, 0.05) is 85.8 Å². The van der Waals surface area contributed by atoms with E-state index in [1.54, 1.807) is 0 Å². The number of alkyl halides is 4. The van der Waals surface area contributed by atoms with Gasteiger partial charge in [0.1, 0.15) is 11.5 Å². The number of unbranched alkanes of at least 4 members (excludes halogenated alkanes) is 1. The third-order valence-corrected chi connectivity index (χ3v) is 8.56. The van der Waals surface area contributed by atoms with E-state index in [1.807, 2.05) is 48.5 Å². The van der Waals surface area contributed by atoms with Gasteiger partial charge in [-0.2, -0.15) is 0 Å². The fourth-order valence-corrected chi connectivity index (χ4v) is 6.38. The lowest BCUT2D eigenvalue weighted by molar-refractivity contribution is 0.0852. The van der Waals surface area contributed by atoms with E-state index in [-0.39, 0.29) is 23.4 Å². The summed E-state index contributed by atoms with van der Waals surface area (Å²) in [5.41, 5.74) is 1.34. The Labute approximate surface area is 297 Å². The second-order valence-electron chi connectivity index (χ2n) is 11.5. The Kier molecular flexibility index (Phi) is 21.7. The van der Waals surface area contributed by atoms with Crippen molar-refractivity contribution < 1.29 is 19.1 Å². The smallest absolute Gasteiger partial charge is 0.167 e. The monoisotopic (exact) mass is 716 g/mol. The third-order valence-electron chi connectivity index (χ3n) is 7.88. The largest absolute Gasteiger partial charge is 0.494 e.